The fourth-order valence-electron chi connectivity index (χ4n) is 1.22. The summed E-state index contributed by atoms with van der Waals surface area (Å²) in [7, 11) is -3.90. The smallest absolute Gasteiger partial charge is 0.282 e. The van der Waals surface area contributed by atoms with Crippen LogP contribution >= 0.6 is 0 Å². The molecule has 1 heterocycles. The number of H-pyrrole nitrogens is 1. The van der Waals surface area contributed by atoms with E-state index in [0.29, 0.717) is 5.56 Å². The number of nitrogens with one attached hydrogen (secondary N) is 1. The summed E-state index contributed by atoms with van der Waals surface area (Å²) < 4.78 is 25.7. The van der Waals surface area contributed by atoms with Gasteiger partial charge >= 0.3 is 10.3 Å². The summed E-state index contributed by atoms with van der Waals surface area (Å²) >= 11 is 0. The molecular formula is C8H15N3O3S. The van der Waals surface area contributed by atoms with Crippen molar-refractivity contribution in [3.63, 3.8) is 0 Å². The van der Waals surface area contributed by atoms with Gasteiger partial charge in [-0.25, -0.2) is 5.14 Å². The second kappa shape index (κ2) is 3.92. The van der Waals surface area contributed by atoms with E-state index in [-0.39, 0.29) is 12.0 Å². The van der Waals surface area contributed by atoms with Crippen molar-refractivity contribution in [2.75, 3.05) is 0 Å². The number of aromatic nitrogens is 2. The van der Waals surface area contributed by atoms with Crippen molar-refractivity contribution in [1.82, 2.24) is 10.2 Å². The minimum absolute atomic E-state index is 0.0953. The van der Waals surface area contributed by atoms with Crippen LogP contribution in [-0.2, 0) is 26.5 Å². The van der Waals surface area contributed by atoms with Gasteiger partial charge in [0.15, 0.2) is 0 Å². The molecule has 0 radical (unpaired) electrons. The first-order valence-electron chi connectivity index (χ1n) is 4.40. The molecule has 0 aliphatic carbocycles. The molecule has 0 aromatic carbocycles. The van der Waals surface area contributed by atoms with Crippen LogP contribution in [0.2, 0.25) is 0 Å². The molecule has 0 atom stereocenters. The molecule has 0 saturated heterocycles. The maximum Gasteiger partial charge on any atom is 0.333 e. The van der Waals surface area contributed by atoms with E-state index < -0.39 is 10.3 Å². The number of hydrogen-bond acceptors (Lipinski definition) is 4. The van der Waals surface area contributed by atoms with Crippen molar-refractivity contribution < 1.29 is 12.6 Å². The summed E-state index contributed by atoms with van der Waals surface area (Å²) in [5, 5.41) is 11.4. The predicted molar refractivity (Wildman–Crippen MR) is 55.2 cm³/mol. The van der Waals surface area contributed by atoms with Gasteiger partial charge in [-0.3, -0.25) is 9.28 Å². The van der Waals surface area contributed by atoms with Crippen LogP contribution in [0.1, 0.15) is 32.0 Å². The Morgan fingerprint density at radius 2 is 2.13 bits per heavy atom. The Labute approximate surface area is 89.1 Å². The molecule has 0 aliphatic heterocycles. The van der Waals surface area contributed by atoms with Gasteiger partial charge in [0, 0.05) is 16.7 Å². The molecule has 0 amide bonds. The van der Waals surface area contributed by atoms with Crippen LogP contribution in [0.15, 0.2) is 6.20 Å². The maximum absolute atomic E-state index is 10.6. The van der Waals surface area contributed by atoms with Crippen molar-refractivity contribution in [1.29, 1.82) is 0 Å². The number of rotatable bonds is 3. The summed E-state index contributed by atoms with van der Waals surface area (Å²) in [6.45, 7) is 5.87. The first-order valence-corrected chi connectivity index (χ1v) is 5.87. The SMILES string of the molecule is CC(C)(C)c1[nH]ncc1COS(N)(=O)=O. The highest BCUT2D eigenvalue weighted by Crippen LogP contribution is 2.23. The number of nitrogens with zero attached hydrogens (tertiary/aromatic N) is 1. The lowest BCUT2D eigenvalue weighted by molar-refractivity contribution is 0.305. The molecule has 7 heteroatoms. The van der Waals surface area contributed by atoms with E-state index in [1.165, 1.54) is 6.20 Å². The summed E-state index contributed by atoms with van der Waals surface area (Å²) in [5.74, 6) is 0. The zero-order chi connectivity index (χ0) is 11.7. The zero-order valence-electron chi connectivity index (χ0n) is 8.94. The summed E-state index contributed by atoms with van der Waals surface area (Å²) in [6, 6.07) is 0. The molecule has 1 aromatic heterocycles. The Morgan fingerprint density at radius 1 is 1.53 bits per heavy atom. The Bertz CT molecular complexity index is 430. The van der Waals surface area contributed by atoms with E-state index in [9.17, 15) is 8.42 Å². The average Bonchev–Trinajstić information content (AvgIpc) is 2.45. The summed E-state index contributed by atoms with van der Waals surface area (Å²) in [5.41, 5.74) is 1.38. The van der Waals surface area contributed by atoms with Crippen LogP contribution in [-0.4, -0.2) is 18.6 Å². The van der Waals surface area contributed by atoms with Gasteiger partial charge in [-0.15, -0.1) is 0 Å². The van der Waals surface area contributed by atoms with Gasteiger partial charge < -0.3 is 0 Å². The van der Waals surface area contributed by atoms with E-state index in [1.54, 1.807) is 0 Å². The fraction of sp³-hybridized carbons (Fsp3) is 0.625. The third-order valence-corrected chi connectivity index (χ3v) is 2.29. The van der Waals surface area contributed by atoms with Crippen LogP contribution in [0.4, 0.5) is 0 Å². The average molecular weight is 233 g/mol. The highest BCUT2D eigenvalue weighted by atomic mass is 32.2. The van der Waals surface area contributed by atoms with Gasteiger partial charge in [-0.05, 0) is 0 Å². The molecule has 0 saturated carbocycles. The maximum atomic E-state index is 10.6. The number of aromatic amines is 1. The van der Waals surface area contributed by atoms with E-state index in [2.05, 4.69) is 14.4 Å². The lowest BCUT2D eigenvalue weighted by Crippen LogP contribution is -2.18. The van der Waals surface area contributed by atoms with Gasteiger partial charge in [0.05, 0.1) is 12.8 Å². The highest BCUT2D eigenvalue weighted by molar-refractivity contribution is 7.84. The molecule has 6 nitrogen and oxygen atoms in total. The number of hydrogen-bond donors (Lipinski definition) is 2. The molecule has 0 bridgehead atoms. The van der Waals surface area contributed by atoms with Crippen molar-refractivity contribution in [2.45, 2.75) is 32.8 Å². The lowest BCUT2D eigenvalue weighted by atomic mass is 9.90. The fourth-order valence-corrected chi connectivity index (χ4v) is 1.51. The second-order valence-electron chi connectivity index (χ2n) is 4.28. The zero-order valence-corrected chi connectivity index (χ0v) is 9.76. The molecule has 0 unspecified atom stereocenters. The molecular weight excluding hydrogens is 218 g/mol. The molecule has 15 heavy (non-hydrogen) atoms. The number of nitrogens with two attached hydrogens (primary N) is 1. The van der Waals surface area contributed by atoms with E-state index in [4.69, 9.17) is 5.14 Å². The molecule has 1 aromatic rings. The first kappa shape index (κ1) is 12.2. The van der Waals surface area contributed by atoms with E-state index in [0.717, 1.165) is 5.69 Å². The van der Waals surface area contributed by atoms with Crippen LogP contribution in [0.3, 0.4) is 0 Å². The van der Waals surface area contributed by atoms with Gasteiger partial charge in [0.2, 0.25) is 0 Å². The summed E-state index contributed by atoms with van der Waals surface area (Å²) in [4.78, 5) is 0. The van der Waals surface area contributed by atoms with Crippen LogP contribution < -0.4 is 5.14 Å². The van der Waals surface area contributed by atoms with Gasteiger partial charge in [-0.1, -0.05) is 20.8 Å². The Morgan fingerprint density at radius 3 is 2.60 bits per heavy atom. The molecule has 86 valence electrons. The van der Waals surface area contributed by atoms with E-state index in [1.807, 2.05) is 20.8 Å². The Balaban J connectivity index is 2.84. The Kier molecular flexibility index (Phi) is 3.17. The minimum Gasteiger partial charge on any atom is -0.282 e. The van der Waals surface area contributed by atoms with Gasteiger partial charge in [0.1, 0.15) is 0 Å². The predicted octanol–water partition coefficient (Wildman–Crippen LogP) is 0.427. The highest BCUT2D eigenvalue weighted by Gasteiger charge is 2.20. The van der Waals surface area contributed by atoms with Crippen molar-refractivity contribution in [3.05, 3.63) is 17.5 Å². The molecule has 3 N–H and O–H groups in total. The summed E-state index contributed by atoms with van der Waals surface area (Å²) in [6.07, 6.45) is 1.53. The molecule has 1 rings (SSSR count). The van der Waals surface area contributed by atoms with Crippen molar-refractivity contribution in [3.8, 4) is 0 Å². The Hall–Kier alpha value is -0.920. The van der Waals surface area contributed by atoms with Crippen molar-refractivity contribution >= 4 is 10.3 Å². The van der Waals surface area contributed by atoms with Crippen LogP contribution in [0.5, 0.6) is 0 Å². The lowest BCUT2D eigenvalue weighted by Gasteiger charge is -2.17. The van der Waals surface area contributed by atoms with Crippen LogP contribution in [0.25, 0.3) is 0 Å². The topological polar surface area (TPSA) is 98.1 Å². The molecule has 0 aliphatic rings. The standard InChI is InChI=1S/C8H15N3O3S/c1-8(2,3)7-6(4-10-11-7)5-14-15(9,12)13/h4H,5H2,1-3H3,(H,10,11)(H2,9,12,13). The van der Waals surface area contributed by atoms with Gasteiger partial charge in [-0.2, -0.15) is 13.5 Å². The van der Waals surface area contributed by atoms with Gasteiger partial charge in [0.25, 0.3) is 0 Å². The van der Waals surface area contributed by atoms with Crippen LogP contribution in [0, 0.1) is 0 Å². The quantitative estimate of drug-likeness (QED) is 0.790. The first-order chi connectivity index (χ1) is 6.70. The monoisotopic (exact) mass is 233 g/mol. The third kappa shape index (κ3) is 3.61. The van der Waals surface area contributed by atoms with E-state index >= 15 is 0 Å². The normalized spacial score (nSPS) is 13.1. The minimum atomic E-state index is -3.90. The third-order valence-electron chi connectivity index (χ3n) is 1.85. The second-order valence-corrected chi connectivity index (χ2v) is 5.50. The molecule has 0 spiro atoms. The van der Waals surface area contributed by atoms with Crippen molar-refractivity contribution in [2.24, 2.45) is 5.14 Å². The largest absolute Gasteiger partial charge is 0.333 e. The molecule has 0 fully saturated rings.